The second kappa shape index (κ2) is 6.29. The van der Waals surface area contributed by atoms with Gasteiger partial charge in [-0.15, -0.1) is 0 Å². The van der Waals surface area contributed by atoms with Gasteiger partial charge in [0.15, 0.2) is 0 Å². The van der Waals surface area contributed by atoms with Gasteiger partial charge in [-0.05, 0) is 29.2 Å². The molecule has 124 valence electrons. The van der Waals surface area contributed by atoms with Crippen molar-refractivity contribution in [1.29, 1.82) is 0 Å². The number of nitrogens with two attached hydrogens (primary N) is 1. The Morgan fingerprint density at radius 1 is 1.04 bits per heavy atom. The van der Waals surface area contributed by atoms with Crippen LogP contribution >= 0.6 is 0 Å². The minimum Gasteiger partial charge on any atom is -0.370 e. The number of hydrogen-bond acceptors (Lipinski definition) is 3. The van der Waals surface area contributed by atoms with Crippen molar-refractivity contribution in [3.63, 3.8) is 0 Å². The molecule has 2 aliphatic heterocycles. The molecular weight excluding hydrogens is 298 g/mol. The highest BCUT2D eigenvalue weighted by molar-refractivity contribution is 5.73. The number of amides is 1. The number of piperazine rings is 1. The third-order valence-electron chi connectivity index (χ3n) is 5.23. The predicted octanol–water partition coefficient (Wildman–Crippen LogP) is 2.33. The summed E-state index contributed by atoms with van der Waals surface area (Å²) in [6, 6.07) is 17.9. The first-order chi connectivity index (χ1) is 11.7. The summed E-state index contributed by atoms with van der Waals surface area (Å²) in [5, 5.41) is 0. The van der Waals surface area contributed by atoms with Gasteiger partial charge in [0.25, 0.3) is 0 Å². The topological polar surface area (TPSA) is 49.6 Å². The Bertz CT molecular complexity index is 758. The van der Waals surface area contributed by atoms with Gasteiger partial charge in [0.1, 0.15) is 0 Å². The summed E-state index contributed by atoms with van der Waals surface area (Å²) in [6.07, 6.45) is 1.42. The third-order valence-corrected chi connectivity index (χ3v) is 5.23. The van der Waals surface area contributed by atoms with Crippen molar-refractivity contribution >= 4 is 11.6 Å². The molecular formula is C20H23N3O. The van der Waals surface area contributed by atoms with Gasteiger partial charge in [-0.1, -0.05) is 42.5 Å². The highest BCUT2D eigenvalue weighted by Crippen LogP contribution is 2.38. The number of primary amides is 1. The summed E-state index contributed by atoms with van der Waals surface area (Å²) in [7, 11) is 0. The van der Waals surface area contributed by atoms with Gasteiger partial charge in [-0.2, -0.15) is 0 Å². The van der Waals surface area contributed by atoms with Crippen LogP contribution in [0.5, 0.6) is 0 Å². The van der Waals surface area contributed by atoms with E-state index in [9.17, 15) is 4.79 Å². The molecule has 0 bridgehead atoms. The SMILES string of the molecule is NC(=O)CCN1CCN2c3ccccc3Cc3ccccc3C2C1. The molecule has 2 heterocycles. The van der Waals surface area contributed by atoms with Crippen LogP contribution in [0.2, 0.25) is 0 Å². The molecule has 4 rings (SSSR count). The van der Waals surface area contributed by atoms with Gasteiger partial charge in [0.05, 0.1) is 6.04 Å². The van der Waals surface area contributed by atoms with Gasteiger partial charge in [0, 0.05) is 38.3 Å². The Balaban J connectivity index is 1.70. The number of nitrogens with zero attached hydrogens (tertiary/aromatic N) is 2. The van der Waals surface area contributed by atoms with Crippen molar-refractivity contribution in [3.8, 4) is 0 Å². The van der Waals surface area contributed by atoms with Crippen molar-refractivity contribution < 1.29 is 4.79 Å². The van der Waals surface area contributed by atoms with Crippen LogP contribution in [-0.4, -0.2) is 37.0 Å². The Morgan fingerprint density at radius 3 is 2.62 bits per heavy atom. The van der Waals surface area contributed by atoms with Crippen molar-refractivity contribution in [1.82, 2.24) is 4.90 Å². The number of hydrogen-bond donors (Lipinski definition) is 1. The minimum absolute atomic E-state index is 0.218. The zero-order valence-corrected chi connectivity index (χ0v) is 13.8. The molecule has 24 heavy (non-hydrogen) atoms. The number of benzene rings is 2. The monoisotopic (exact) mass is 321 g/mol. The van der Waals surface area contributed by atoms with E-state index >= 15 is 0 Å². The first kappa shape index (κ1) is 15.2. The average Bonchev–Trinajstić information content (AvgIpc) is 2.74. The molecule has 2 aliphatic rings. The lowest BCUT2D eigenvalue weighted by atomic mass is 9.96. The smallest absolute Gasteiger partial charge is 0.218 e. The van der Waals surface area contributed by atoms with Gasteiger partial charge >= 0.3 is 0 Å². The summed E-state index contributed by atoms with van der Waals surface area (Å²) >= 11 is 0. The Kier molecular flexibility index (Phi) is 3.98. The summed E-state index contributed by atoms with van der Waals surface area (Å²) in [5.74, 6) is -0.218. The standard InChI is InChI=1S/C20H23N3O/c21-20(24)9-10-22-11-12-23-18-8-4-2-6-16(18)13-15-5-1-3-7-17(15)19(23)14-22/h1-8,19H,9-14H2,(H2,21,24). The fourth-order valence-electron chi connectivity index (χ4n) is 4.03. The lowest BCUT2D eigenvalue weighted by Crippen LogP contribution is -2.49. The van der Waals surface area contributed by atoms with Crippen molar-refractivity contribution in [2.24, 2.45) is 5.73 Å². The predicted molar refractivity (Wildman–Crippen MR) is 96.0 cm³/mol. The van der Waals surface area contributed by atoms with E-state index in [0.717, 1.165) is 32.6 Å². The Hall–Kier alpha value is -2.33. The van der Waals surface area contributed by atoms with Crippen molar-refractivity contribution in [3.05, 3.63) is 65.2 Å². The van der Waals surface area contributed by atoms with Crippen LogP contribution in [0.1, 0.15) is 29.2 Å². The number of carbonyl (C=O) groups is 1. The zero-order valence-electron chi connectivity index (χ0n) is 13.8. The molecule has 1 saturated heterocycles. The highest BCUT2D eigenvalue weighted by Gasteiger charge is 2.32. The van der Waals surface area contributed by atoms with Gasteiger partial charge in [-0.25, -0.2) is 0 Å². The van der Waals surface area contributed by atoms with Gasteiger partial charge in [-0.3, -0.25) is 9.69 Å². The van der Waals surface area contributed by atoms with Crippen molar-refractivity contribution in [2.75, 3.05) is 31.1 Å². The molecule has 4 heteroatoms. The first-order valence-corrected chi connectivity index (χ1v) is 8.65. The number of fused-ring (bicyclic) bond motifs is 5. The van der Waals surface area contributed by atoms with Crippen LogP contribution in [0.3, 0.4) is 0 Å². The number of carbonyl (C=O) groups excluding carboxylic acids is 1. The maximum Gasteiger partial charge on any atom is 0.218 e. The summed E-state index contributed by atoms with van der Waals surface area (Å²) < 4.78 is 0. The van der Waals surface area contributed by atoms with Gasteiger partial charge in [0.2, 0.25) is 5.91 Å². The van der Waals surface area contributed by atoms with Crippen LogP contribution in [0, 0.1) is 0 Å². The maximum atomic E-state index is 11.1. The van der Waals surface area contributed by atoms with E-state index in [1.165, 1.54) is 22.4 Å². The van der Waals surface area contributed by atoms with E-state index in [1.54, 1.807) is 0 Å². The molecule has 1 atom stereocenters. The molecule has 1 amide bonds. The highest BCUT2D eigenvalue weighted by atomic mass is 16.1. The lowest BCUT2D eigenvalue weighted by Gasteiger charge is -2.43. The summed E-state index contributed by atoms with van der Waals surface area (Å²) in [4.78, 5) is 16.0. The molecule has 1 fully saturated rings. The number of para-hydroxylation sites is 1. The molecule has 4 nitrogen and oxygen atoms in total. The van der Waals surface area contributed by atoms with E-state index in [0.29, 0.717) is 12.5 Å². The lowest BCUT2D eigenvalue weighted by molar-refractivity contribution is -0.118. The molecule has 0 saturated carbocycles. The zero-order chi connectivity index (χ0) is 16.5. The molecule has 0 aromatic heterocycles. The second-order valence-corrected chi connectivity index (χ2v) is 6.73. The quantitative estimate of drug-likeness (QED) is 0.944. The number of rotatable bonds is 3. The fourth-order valence-corrected chi connectivity index (χ4v) is 4.03. The molecule has 2 aromatic carbocycles. The molecule has 2 aromatic rings. The molecule has 0 radical (unpaired) electrons. The normalized spacial score (nSPS) is 19.8. The number of anilines is 1. The van der Waals surface area contributed by atoms with E-state index in [-0.39, 0.29) is 5.91 Å². The van der Waals surface area contributed by atoms with Crippen LogP contribution in [0.15, 0.2) is 48.5 Å². The molecule has 2 N–H and O–H groups in total. The second-order valence-electron chi connectivity index (χ2n) is 6.73. The van der Waals surface area contributed by atoms with Crippen LogP contribution < -0.4 is 10.6 Å². The van der Waals surface area contributed by atoms with Gasteiger partial charge < -0.3 is 10.6 Å². The van der Waals surface area contributed by atoms with E-state index in [2.05, 4.69) is 58.3 Å². The van der Waals surface area contributed by atoms with Crippen LogP contribution in [0.25, 0.3) is 0 Å². The largest absolute Gasteiger partial charge is 0.370 e. The average molecular weight is 321 g/mol. The van der Waals surface area contributed by atoms with Crippen LogP contribution in [0.4, 0.5) is 5.69 Å². The van der Waals surface area contributed by atoms with E-state index in [4.69, 9.17) is 5.73 Å². The molecule has 0 spiro atoms. The Morgan fingerprint density at radius 2 is 1.79 bits per heavy atom. The fraction of sp³-hybridized carbons (Fsp3) is 0.350. The Labute approximate surface area is 142 Å². The van der Waals surface area contributed by atoms with E-state index in [1.807, 2.05) is 0 Å². The van der Waals surface area contributed by atoms with Crippen LogP contribution in [-0.2, 0) is 11.2 Å². The van der Waals surface area contributed by atoms with Crippen molar-refractivity contribution in [2.45, 2.75) is 18.9 Å². The third kappa shape index (κ3) is 2.78. The minimum atomic E-state index is -0.218. The summed E-state index contributed by atoms with van der Waals surface area (Å²) in [6.45, 7) is 3.65. The maximum absolute atomic E-state index is 11.1. The summed E-state index contributed by atoms with van der Waals surface area (Å²) in [5.41, 5.74) is 10.9. The first-order valence-electron chi connectivity index (χ1n) is 8.65. The van der Waals surface area contributed by atoms with E-state index < -0.39 is 0 Å². The molecule has 0 aliphatic carbocycles. The molecule has 1 unspecified atom stereocenters.